The molecule has 1 amide bonds. The van der Waals surface area contributed by atoms with Crippen LogP contribution in [0.3, 0.4) is 0 Å². The van der Waals surface area contributed by atoms with Crippen LogP contribution in [-0.2, 0) is 0 Å². The van der Waals surface area contributed by atoms with E-state index in [0.29, 0.717) is 11.7 Å². The van der Waals surface area contributed by atoms with E-state index in [1.54, 1.807) is 6.07 Å². The first-order valence-electron chi connectivity index (χ1n) is 9.38. The Bertz CT molecular complexity index is 517. The third-order valence-corrected chi connectivity index (χ3v) is 5.20. The van der Waals surface area contributed by atoms with E-state index >= 15 is 0 Å². The summed E-state index contributed by atoms with van der Waals surface area (Å²) in [6.07, 6.45) is 7.64. The lowest BCUT2D eigenvalue weighted by Crippen LogP contribution is -2.48. The molecule has 2 heterocycles. The smallest absolute Gasteiger partial charge is 0.274 e. The van der Waals surface area contributed by atoms with Crippen LogP contribution >= 0.6 is 0 Å². The van der Waals surface area contributed by atoms with E-state index in [0.717, 1.165) is 38.5 Å². The molecule has 1 saturated carbocycles. The van der Waals surface area contributed by atoms with Gasteiger partial charge in [0.25, 0.3) is 5.91 Å². The third-order valence-electron chi connectivity index (χ3n) is 5.20. The van der Waals surface area contributed by atoms with Crippen LogP contribution in [0.15, 0.2) is 12.1 Å². The molecule has 0 aromatic carbocycles. The number of carbonyl (C=O) groups excluding carboxylic acids is 1. The second-order valence-electron chi connectivity index (χ2n) is 6.86. The summed E-state index contributed by atoms with van der Waals surface area (Å²) < 4.78 is 0. The molecule has 2 aliphatic rings. The van der Waals surface area contributed by atoms with E-state index in [4.69, 9.17) is 0 Å². The van der Waals surface area contributed by atoms with Crippen molar-refractivity contribution < 1.29 is 4.79 Å². The van der Waals surface area contributed by atoms with Crippen LogP contribution in [-0.4, -0.2) is 64.7 Å². The van der Waals surface area contributed by atoms with Gasteiger partial charge in [-0.1, -0.05) is 32.6 Å². The van der Waals surface area contributed by atoms with Gasteiger partial charge >= 0.3 is 0 Å². The lowest BCUT2D eigenvalue weighted by molar-refractivity contribution is 0.0636. The highest BCUT2D eigenvalue weighted by molar-refractivity contribution is 5.92. The number of amides is 1. The van der Waals surface area contributed by atoms with Crippen LogP contribution in [0.2, 0.25) is 0 Å². The van der Waals surface area contributed by atoms with Gasteiger partial charge in [-0.05, 0) is 31.5 Å². The Morgan fingerprint density at radius 1 is 1.08 bits per heavy atom. The minimum Gasteiger partial charge on any atom is -0.366 e. The quantitative estimate of drug-likeness (QED) is 0.859. The predicted octanol–water partition coefficient (Wildman–Crippen LogP) is 2.39. The zero-order valence-corrected chi connectivity index (χ0v) is 14.7. The zero-order valence-electron chi connectivity index (χ0n) is 14.7. The molecule has 1 aromatic heterocycles. The van der Waals surface area contributed by atoms with Gasteiger partial charge in [0.1, 0.15) is 5.82 Å². The third kappa shape index (κ3) is 4.44. The van der Waals surface area contributed by atoms with Crippen molar-refractivity contribution in [3.8, 4) is 0 Å². The van der Waals surface area contributed by atoms with Gasteiger partial charge in [-0.15, -0.1) is 10.2 Å². The fourth-order valence-electron chi connectivity index (χ4n) is 3.59. The van der Waals surface area contributed by atoms with Gasteiger partial charge in [-0.2, -0.15) is 0 Å². The van der Waals surface area contributed by atoms with Gasteiger partial charge in [0, 0.05) is 32.2 Å². The number of nitrogens with zero attached hydrogens (tertiary/aromatic N) is 4. The second-order valence-corrected chi connectivity index (χ2v) is 6.86. The maximum atomic E-state index is 12.5. The molecule has 24 heavy (non-hydrogen) atoms. The summed E-state index contributed by atoms with van der Waals surface area (Å²) in [5, 5.41) is 11.9. The van der Waals surface area contributed by atoms with Crippen LogP contribution in [0.4, 0.5) is 5.82 Å². The fraction of sp³-hybridized carbons (Fsp3) is 0.722. The van der Waals surface area contributed by atoms with Crippen molar-refractivity contribution in [2.75, 3.05) is 38.0 Å². The van der Waals surface area contributed by atoms with Crippen molar-refractivity contribution in [1.82, 2.24) is 20.0 Å². The van der Waals surface area contributed by atoms with Gasteiger partial charge in [-0.3, -0.25) is 4.79 Å². The molecule has 0 radical (unpaired) electrons. The molecule has 6 heteroatoms. The van der Waals surface area contributed by atoms with E-state index in [1.165, 1.54) is 38.5 Å². The van der Waals surface area contributed by atoms with E-state index in [1.807, 2.05) is 11.0 Å². The molecule has 6 nitrogen and oxygen atoms in total. The number of piperazine rings is 1. The zero-order chi connectivity index (χ0) is 16.8. The number of carbonyl (C=O) groups is 1. The summed E-state index contributed by atoms with van der Waals surface area (Å²) >= 11 is 0. The number of rotatable bonds is 4. The van der Waals surface area contributed by atoms with Crippen molar-refractivity contribution in [2.45, 2.75) is 51.5 Å². The van der Waals surface area contributed by atoms with E-state index < -0.39 is 0 Å². The highest BCUT2D eigenvalue weighted by Gasteiger charge is 2.22. The van der Waals surface area contributed by atoms with Crippen LogP contribution < -0.4 is 5.32 Å². The molecule has 1 aliphatic heterocycles. The summed E-state index contributed by atoms with van der Waals surface area (Å²) in [5.41, 5.74) is 0.450. The Balaban J connectivity index is 1.54. The topological polar surface area (TPSA) is 61.4 Å². The summed E-state index contributed by atoms with van der Waals surface area (Å²) in [7, 11) is 0. The molecule has 1 saturated heterocycles. The molecule has 0 bridgehead atoms. The van der Waals surface area contributed by atoms with Crippen LogP contribution in [0.25, 0.3) is 0 Å². The van der Waals surface area contributed by atoms with Gasteiger partial charge in [0.15, 0.2) is 5.69 Å². The monoisotopic (exact) mass is 331 g/mol. The predicted molar refractivity (Wildman–Crippen MR) is 95.2 cm³/mol. The minimum atomic E-state index is -0.000676. The SMILES string of the molecule is CCN1CCN(C(=O)c2ccc(NC3CCCCCC3)nn2)CC1. The lowest BCUT2D eigenvalue weighted by atomic mass is 10.1. The Hall–Kier alpha value is -1.69. The number of likely N-dealkylation sites (N-methyl/N-ethyl adjacent to an activating group) is 1. The molecule has 1 aromatic rings. The van der Waals surface area contributed by atoms with Crippen LogP contribution in [0, 0.1) is 0 Å². The van der Waals surface area contributed by atoms with Crippen LogP contribution in [0.1, 0.15) is 55.9 Å². The first-order chi connectivity index (χ1) is 11.8. The Kier molecular flexibility index (Phi) is 6.01. The first kappa shape index (κ1) is 17.1. The Morgan fingerprint density at radius 2 is 1.79 bits per heavy atom. The highest BCUT2D eigenvalue weighted by atomic mass is 16.2. The van der Waals surface area contributed by atoms with Crippen molar-refractivity contribution in [3.05, 3.63) is 17.8 Å². The Labute approximate surface area is 144 Å². The van der Waals surface area contributed by atoms with E-state index in [-0.39, 0.29) is 5.91 Å². The molecule has 0 spiro atoms. The molecular formula is C18H29N5O. The average Bonchev–Trinajstić information content (AvgIpc) is 2.90. The Morgan fingerprint density at radius 3 is 2.38 bits per heavy atom. The summed E-state index contributed by atoms with van der Waals surface area (Å²) in [5.74, 6) is 0.786. The van der Waals surface area contributed by atoms with Gasteiger partial charge < -0.3 is 15.1 Å². The molecule has 1 aliphatic carbocycles. The normalized spacial score (nSPS) is 20.6. The van der Waals surface area contributed by atoms with Crippen molar-refractivity contribution >= 4 is 11.7 Å². The van der Waals surface area contributed by atoms with E-state index in [2.05, 4.69) is 27.3 Å². The number of aromatic nitrogens is 2. The number of hydrogen-bond acceptors (Lipinski definition) is 5. The fourth-order valence-corrected chi connectivity index (χ4v) is 3.59. The molecular weight excluding hydrogens is 302 g/mol. The maximum absolute atomic E-state index is 12.5. The number of nitrogens with one attached hydrogen (secondary N) is 1. The van der Waals surface area contributed by atoms with Crippen molar-refractivity contribution in [2.24, 2.45) is 0 Å². The van der Waals surface area contributed by atoms with Gasteiger partial charge in [0.05, 0.1) is 0 Å². The van der Waals surface area contributed by atoms with Gasteiger partial charge in [-0.25, -0.2) is 0 Å². The standard InChI is InChI=1S/C18H29N5O/c1-2-22-11-13-23(14-12-22)18(24)16-9-10-17(21-20-16)19-15-7-5-3-4-6-8-15/h9-10,15H,2-8,11-14H2,1H3,(H,19,21). The highest BCUT2D eigenvalue weighted by Crippen LogP contribution is 2.20. The summed E-state index contributed by atoms with van der Waals surface area (Å²) in [4.78, 5) is 16.8. The average molecular weight is 331 g/mol. The van der Waals surface area contributed by atoms with E-state index in [9.17, 15) is 4.79 Å². The summed E-state index contributed by atoms with van der Waals surface area (Å²) in [6, 6.07) is 4.19. The maximum Gasteiger partial charge on any atom is 0.274 e. The molecule has 132 valence electrons. The van der Waals surface area contributed by atoms with Gasteiger partial charge in [0.2, 0.25) is 0 Å². The van der Waals surface area contributed by atoms with Crippen molar-refractivity contribution in [1.29, 1.82) is 0 Å². The number of hydrogen-bond donors (Lipinski definition) is 1. The summed E-state index contributed by atoms with van der Waals surface area (Å²) in [6.45, 7) is 6.63. The molecule has 2 fully saturated rings. The lowest BCUT2D eigenvalue weighted by Gasteiger charge is -2.33. The van der Waals surface area contributed by atoms with Crippen LogP contribution in [0.5, 0.6) is 0 Å². The molecule has 1 N–H and O–H groups in total. The molecule has 0 atom stereocenters. The number of anilines is 1. The second kappa shape index (κ2) is 8.42. The molecule has 3 rings (SSSR count). The first-order valence-corrected chi connectivity index (χ1v) is 9.38. The van der Waals surface area contributed by atoms with Crippen molar-refractivity contribution in [3.63, 3.8) is 0 Å². The molecule has 0 unspecified atom stereocenters. The minimum absolute atomic E-state index is 0.000676. The largest absolute Gasteiger partial charge is 0.366 e.